The first-order chi connectivity index (χ1) is 9.86. The van der Waals surface area contributed by atoms with Crippen molar-refractivity contribution in [2.75, 3.05) is 13.2 Å². The lowest BCUT2D eigenvalue weighted by Crippen LogP contribution is -2.58. The van der Waals surface area contributed by atoms with Gasteiger partial charge in [-0.2, -0.15) is 0 Å². The quantitative estimate of drug-likeness (QED) is 0.787. The van der Waals surface area contributed by atoms with Gasteiger partial charge in [-0.05, 0) is 18.9 Å². The molecule has 20 heavy (non-hydrogen) atoms. The minimum Gasteiger partial charge on any atom is -0.491 e. The van der Waals surface area contributed by atoms with Crippen LogP contribution in [0, 0.1) is 0 Å². The largest absolute Gasteiger partial charge is 0.491 e. The highest BCUT2D eigenvalue weighted by atomic mass is 16.5. The maximum Gasteiger partial charge on any atom is 0.125 e. The highest BCUT2D eigenvalue weighted by molar-refractivity contribution is 5.38. The molecule has 1 spiro atoms. The summed E-state index contributed by atoms with van der Waals surface area (Å²) >= 11 is 0. The van der Waals surface area contributed by atoms with Gasteiger partial charge in [0, 0.05) is 12.1 Å². The first kappa shape index (κ1) is 12.7. The Balaban J connectivity index is 1.63. The van der Waals surface area contributed by atoms with E-state index in [-0.39, 0.29) is 11.7 Å². The molecule has 108 valence electrons. The van der Waals surface area contributed by atoms with Crippen LogP contribution in [0.2, 0.25) is 0 Å². The number of rotatable bonds is 0. The van der Waals surface area contributed by atoms with E-state index < -0.39 is 0 Å². The van der Waals surface area contributed by atoms with Crippen molar-refractivity contribution in [3.05, 3.63) is 29.8 Å². The zero-order valence-corrected chi connectivity index (χ0v) is 11.9. The molecule has 1 saturated carbocycles. The summed E-state index contributed by atoms with van der Waals surface area (Å²) < 4.78 is 12.5. The maximum atomic E-state index is 6.68. The van der Waals surface area contributed by atoms with Crippen LogP contribution in [-0.2, 0) is 4.74 Å². The summed E-state index contributed by atoms with van der Waals surface area (Å²) in [6.45, 7) is 1.71. The van der Waals surface area contributed by atoms with Crippen molar-refractivity contribution in [3.63, 3.8) is 0 Å². The van der Waals surface area contributed by atoms with Crippen molar-refractivity contribution < 1.29 is 9.47 Å². The number of hydrogen-bond donors (Lipinski definition) is 1. The van der Waals surface area contributed by atoms with Crippen molar-refractivity contribution >= 4 is 0 Å². The zero-order valence-electron chi connectivity index (χ0n) is 11.9. The van der Waals surface area contributed by atoms with E-state index in [1.54, 1.807) is 0 Å². The van der Waals surface area contributed by atoms with Crippen molar-refractivity contribution in [1.29, 1.82) is 0 Å². The van der Waals surface area contributed by atoms with E-state index in [0.717, 1.165) is 18.9 Å². The summed E-state index contributed by atoms with van der Waals surface area (Å²) in [5.41, 5.74) is 1.28. The number of ether oxygens (including phenoxy) is 2. The van der Waals surface area contributed by atoms with Crippen LogP contribution in [0.25, 0.3) is 0 Å². The standard InChI is InChI=1S/C17H23NO2/c1-2-6-10-17(9-5-1)12-18-14-11-19-15-8-4-3-7-13(15)16(14)20-17/h3-4,7-8,14,16,18H,1-2,5-6,9-12H2. The second-order valence-electron chi connectivity index (χ2n) is 6.47. The minimum atomic E-state index is 0.0577. The van der Waals surface area contributed by atoms with E-state index in [2.05, 4.69) is 23.5 Å². The molecule has 2 unspecified atom stereocenters. The van der Waals surface area contributed by atoms with Gasteiger partial charge in [-0.3, -0.25) is 0 Å². The van der Waals surface area contributed by atoms with Gasteiger partial charge in [0.25, 0.3) is 0 Å². The molecule has 0 radical (unpaired) electrons. The number of para-hydroxylation sites is 1. The Kier molecular flexibility index (Phi) is 3.20. The van der Waals surface area contributed by atoms with Gasteiger partial charge in [-0.25, -0.2) is 0 Å². The van der Waals surface area contributed by atoms with Crippen LogP contribution >= 0.6 is 0 Å². The molecule has 3 aliphatic rings. The van der Waals surface area contributed by atoms with Gasteiger partial charge in [0.05, 0.1) is 11.6 Å². The molecule has 3 heteroatoms. The molecular weight excluding hydrogens is 250 g/mol. The lowest BCUT2D eigenvalue weighted by Gasteiger charge is -2.47. The number of nitrogens with one attached hydrogen (secondary N) is 1. The van der Waals surface area contributed by atoms with Gasteiger partial charge in [0.15, 0.2) is 0 Å². The molecule has 3 nitrogen and oxygen atoms in total. The van der Waals surface area contributed by atoms with Crippen LogP contribution in [0.4, 0.5) is 0 Å². The average Bonchev–Trinajstić information content (AvgIpc) is 2.73. The first-order valence-electron chi connectivity index (χ1n) is 7.99. The molecule has 2 aliphatic heterocycles. The van der Waals surface area contributed by atoms with Crippen molar-refractivity contribution in [1.82, 2.24) is 5.32 Å². The Bertz CT molecular complexity index is 480. The zero-order chi connectivity index (χ0) is 13.4. The molecular formula is C17H23NO2. The molecule has 1 aliphatic carbocycles. The molecule has 1 N–H and O–H groups in total. The fraction of sp³-hybridized carbons (Fsp3) is 0.647. The molecule has 0 aromatic heterocycles. The molecule has 4 rings (SSSR count). The van der Waals surface area contributed by atoms with Gasteiger partial charge in [0.1, 0.15) is 18.5 Å². The van der Waals surface area contributed by atoms with Crippen LogP contribution in [0.1, 0.15) is 50.2 Å². The van der Waals surface area contributed by atoms with E-state index in [9.17, 15) is 0 Å². The van der Waals surface area contributed by atoms with Crippen molar-refractivity contribution in [2.24, 2.45) is 0 Å². The number of fused-ring (bicyclic) bond motifs is 3. The summed E-state index contributed by atoms with van der Waals surface area (Å²) in [5, 5.41) is 3.70. The summed E-state index contributed by atoms with van der Waals surface area (Å²) in [7, 11) is 0. The van der Waals surface area contributed by atoms with Crippen LogP contribution in [-0.4, -0.2) is 24.8 Å². The van der Waals surface area contributed by atoms with E-state index in [4.69, 9.17) is 9.47 Å². The van der Waals surface area contributed by atoms with Crippen LogP contribution in [0.3, 0.4) is 0 Å². The third kappa shape index (κ3) is 2.13. The fourth-order valence-corrected chi connectivity index (χ4v) is 3.94. The van der Waals surface area contributed by atoms with Crippen LogP contribution in [0.15, 0.2) is 24.3 Å². The average molecular weight is 273 g/mol. The monoisotopic (exact) mass is 273 g/mol. The Morgan fingerprint density at radius 2 is 1.85 bits per heavy atom. The lowest BCUT2D eigenvalue weighted by atomic mass is 9.88. The summed E-state index contributed by atoms with van der Waals surface area (Å²) in [6, 6.07) is 8.64. The maximum absolute atomic E-state index is 6.68. The van der Waals surface area contributed by atoms with Crippen molar-refractivity contribution in [2.45, 2.75) is 56.3 Å². The Morgan fingerprint density at radius 1 is 1.05 bits per heavy atom. The third-order valence-corrected chi connectivity index (χ3v) is 5.09. The second kappa shape index (κ2) is 5.05. The summed E-state index contributed by atoms with van der Waals surface area (Å²) in [4.78, 5) is 0. The molecule has 2 fully saturated rings. The predicted molar refractivity (Wildman–Crippen MR) is 78.0 cm³/mol. The third-order valence-electron chi connectivity index (χ3n) is 5.09. The summed E-state index contributed by atoms with van der Waals surface area (Å²) in [6.07, 6.45) is 7.89. The molecule has 0 bridgehead atoms. The second-order valence-corrected chi connectivity index (χ2v) is 6.47. The molecule has 2 atom stereocenters. The molecule has 1 aromatic carbocycles. The normalized spacial score (nSPS) is 31.8. The molecule has 0 amide bonds. The Morgan fingerprint density at radius 3 is 2.70 bits per heavy atom. The Labute approximate surface area is 120 Å². The van der Waals surface area contributed by atoms with Gasteiger partial charge in [-0.15, -0.1) is 0 Å². The van der Waals surface area contributed by atoms with E-state index in [0.29, 0.717) is 6.04 Å². The van der Waals surface area contributed by atoms with E-state index >= 15 is 0 Å². The molecule has 1 saturated heterocycles. The van der Waals surface area contributed by atoms with Crippen LogP contribution < -0.4 is 10.1 Å². The van der Waals surface area contributed by atoms with Gasteiger partial charge < -0.3 is 14.8 Å². The van der Waals surface area contributed by atoms with E-state index in [1.807, 2.05) is 6.07 Å². The van der Waals surface area contributed by atoms with Crippen molar-refractivity contribution in [3.8, 4) is 5.75 Å². The van der Waals surface area contributed by atoms with E-state index in [1.165, 1.54) is 44.1 Å². The highest BCUT2D eigenvalue weighted by Gasteiger charge is 2.44. The number of benzene rings is 1. The van der Waals surface area contributed by atoms with Gasteiger partial charge >= 0.3 is 0 Å². The fourth-order valence-electron chi connectivity index (χ4n) is 3.94. The van der Waals surface area contributed by atoms with Crippen LogP contribution in [0.5, 0.6) is 5.75 Å². The topological polar surface area (TPSA) is 30.5 Å². The highest BCUT2D eigenvalue weighted by Crippen LogP contribution is 2.43. The smallest absolute Gasteiger partial charge is 0.125 e. The SMILES string of the molecule is c1ccc2c(c1)OCC1NCC3(CCCCCC3)OC21. The minimum absolute atomic E-state index is 0.0577. The van der Waals surface area contributed by atoms with Gasteiger partial charge in [0.2, 0.25) is 0 Å². The predicted octanol–water partition coefficient (Wildman–Crippen LogP) is 3.20. The number of morpholine rings is 1. The lowest BCUT2D eigenvalue weighted by molar-refractivity contribution is -0.155. The molecule has 1 aromatic rings. The number of hydrogen-bond acceptors (Lipinski definition) is 3. The first-order valence-corrected chi connectivity index (χ1v) is 7.99. The van der Waals surface area contributed by atoms with Gasteiger partial charge in [-0.1, -0.05) is 43.9 Å². The molecule has 2 heterocycles. The Hall–Kier alpha value is -1.06. The summed E-state index contributed by atoms with van der Waals surface area (Å²) in [5.74, 6) is 1.00.